The Hall–Kier alpha value is -2.54. The normalized spacial score (nSPS) is 11.7. The molecule has 3 aromatic rings. The van der Waals surface area contributed by atoms with Crippen LogP contribution in [0.3, 0.4) is 0 Å². The van der Waals surface area contributed by atoms with Gasteiger partial charge in [0.25, 0.3) is 5.56 Å². The number of nitrogens with zero attached hydrogens (tertiary/aromatic N) is 2. The SMILES string of the molecule is Cc1ccc(-n2c(SCC(=O)NC(C)(C)C)nc3cc(C)[nH]c3c2=O)cc1. The third kappa shape index (κ3) is 4.42. The number of carbonyl (C=O) groups is 1. The Morgan fingerprint density at radius 1 is 1.22 bits per heavy atom. The molecule has 0 aliphatic rings. The fraction of sp³-hybridized carbons (Fsp3) is 0.350. The first kappa shape index (κ1) is 19.2. The Balaban J connectivity index is 2.04. The van der Waals surface area contributed by atoms with Crippen LogP contribution in [0.1, 0.15) is 32.0 Å². The Kier molecular flexibility index (Phi) is 5.15. The fourth-order valence-electron chi connectivity index (χ4n) is 2.78. The highest BCUT2D eigenvalue weighted by atomic mass is 32.2. The molecule has 0 saturated heterocycles. The van der Waals surface area contributed by atoms with Gasteiger partial charge in [-0.05, 0) is 52.8 Å². The molecule has 1 amide bonds. The molecule has 0 aliphatic carbocycles. The summed E-state index contributed by atoms with van der Waals surface area (Å²) in [6.45, 7) is 9.69. The summed E-state index contributed by atoms with van der Waals surface area (Å²) in [7, 11) is 0. The van der Waals surface area contributed by atoms with Crippen molar-refractivity contribution in [3.05, 3.63) is 51.9 Å². The van der Waals surface area contributed by atoms with Crippen LogP contribution < -0.4 is 10.9 Å². The van der Waals surface area contributed by atoms with Gasteiger partial charge < -0.3 is 10.3 Å². The number of fused-ring (bicyclic) bond motifs is 1. The third-order valence-electron chi connectivity index (χ3n) is 3.89. The van der Waals surface area contributed by atoms with E-state index in [0.29, 0.717) is 16.2 Å². The average molecular weight is 385 g/mol. The number of rotatable bonds is 4. The number of hydrogen-bond donors (Lipinski definition) is 2. The van der Waals surface area contributed by atoms with Gasteiger partial charge in [-0.25, -0.2) is 4.98 Å². The van der Waals surface area contributed by atoms with E-state index < -0.39 is 0 Å². The standard InChI is InChI=1S/C20H24N4O2S/c1-12-6-8-14(9-7-12)24-18(26)17-15(10-13(2)21-17)22-19(24)27-11-16(25)23-20(3,4)5/h6-10,21H,11H2,1-5H3,(H,23,25). The third-order valence-corrected chi connectivity index (χ3v) is 4.83. The van der Waals surface area contributed by atoms with Gasteiger partial charge in [-0.3, -0.25) is 14.2 Å². The molecular weight excluding hydrogens is 360 g/mol. The van der Waals surface area contributed by atoms with E-state index in [4.69, 9.17) is 0 Å². The molecule has 0 radical (unpaired) electrons. The van der Waals surface area contributed by atoms with Gasteiger partial charge in [-0.1, -0.05) is 29.5 Å². The van der Waals surface area contributed by atoms with Crippen molar-refractivity contribution in [3.63, 3.8) is 0 Å². The molecule has 3 rings (SSSR count). The minimum absolute atomic E-state index is 0.0949. The molecule has 1 aromatic carbocycles. The van der Waals surface area contributed by atoms with Gasteiger partial charge in [0.05, 0.1) is 17.0 Å². The maximum Gasteiger partial charge on any atom is 0.283 e. The fourth-order valence-corrected chi connectivity index (χ4v) is 3.59. The maximum atomic E-state index is 13.1. The highest BCUT2D eigenvalue weighted by Crippen LogP contribution is 2.22. The van der Waals surface area contributed by atoms with Crippen LogP contribution >= 0.6 is 11.8 Å². The summed E-state index contributed by atoms with van der Waals surface area (Å²) in [5.74, 6) is 0.0901. The molecule has 2 heterocycles. The van der Waals surface area contributed by atoms with E-state index in [0.717, 1.165) is 16.9 Å². The van der Waals surface area contributed by atoms with Crippen LogP contribution in [0.2, 0.25) is 0 Å². The molecule has 2 N–H and O–H groups in total. The van der Waals surface area contributed by atoms with Crippen LogP contribution in [0.4, 0.5) is 0 Å². The number of H-pyrrole nitrogens is 1. The second-order valence-electron chi connectivity index (χ2n) is 7.67. The second-order valence-corrected chi connectivity index (χ2v) is 8.61. The molecule has 0 saturated carbocycles. The zero-order valence-corrected chi connectivity index (χ0v) is 17.0. The van der Waals surface area contributed by atoms with E-state index in [2.05, 4.69) is 15.3 Å². The Morgan fingerprint density at radius 2 is 1.89 bits per heavy atom. The number of hydrogen-bond acceptors (Lipinski definition) is 4. The molecule has 7 heteroatoms. The number of amides is 1. The van der Waals surface area contributed by atoms with Crippen molar-refractivity contribution in [1.29, 1.82) is 0 Å². The second kappa shape index (κ2) is 7.23. The number of aryl methyl sites for hydroxylation is 2. The first-order chi connectivity index (χ1) is 12.6. The highest BCUT2D eigenvalue weighted by molar-refractivity contribution is 7.99. The molecule has 0 aliphatic heterocycles. The van der Waals surface area contributed by atoms with Crippen molar-refractivity contribution in [1.82, 2.24) is 19.9 Å². The number of thioether (sulfide) groups is 1. The van der Waals surface area contributed by atoms with Gasteiger partial charge in [0.15, 0.2) is 5.16 Å². The number of benzene rings is 1. The zero-order valence-electron chi connectivity index (χ0n) is 16.2. The molecule has 6 nitrogen and oxygen atoms in total. The smallest absolute Gasteiger partial charge is 0.283 e. The zero-order chi connectivity index (χ0) is 19.8. The summed E-state index contributed by atoms with van der Waals surface area (Å²) in [5, 5.41) is 3.43. The summed E-state index contributed by atoms with van der Waals surface area (Å²) in [4.78, 5) is 33.0. The van der Waals surface area contributed by atoms with Crippen LogP contribution in [0.25, 0.3) is 16.7 Å². The summed E-state index contributed by atoms with van der Waals surface area (Å²) < 4.78 is 1.56. The quantitative estimate of drug-likeness (QED) is 0.534. The summed E-state index contributed by atoms with van der Waals surface area (Å²) >= 11 is 1.26. The number of carbonyl (C=O) groups excluding carboxylic acids is 1. The van der Waals surface area contributed by atoms with Crippen molar-refractivity contribution < 1.29 is 4.79 Å². The van der Waals surface area contributed by atoms with Crippen LogP contribution in [0.15, 0.2) is 40.3 Å². The van der Waals surface area contributed by atoms with Gasteiger partial charge in [-0.15, -0.1) is 0 Å². The molecule has 0 spiro atoms. The molecule has 0 atom stereocenters. The number of aromatic nitrogens is 3. The maximum absolute atomic E-state index is 13.1. The van der Waals surface area contributed by atoms with Crippen LogP contribution in [0, 0.1) is 13.8 Å². The van der Waals surface area contributed by atoms with Crippen LogP contribution in [-0.4, -0.2) is 31.7 Å². The van der Waals surface area contributed by atoms with E-state index in [-0.39, 0.29) is 22.8 Å². The Bertz CT molecular complexity index is 1040. The van der Waals surface area contributed by atoms with E-state index >= 15 is 0 Å². The van der Waals surface area contributed by atoms with Crippen LogP contribution in [0.5, 0.6) is 0 Å². The van der Waals surface area contributed by atoms with Crippen molar-refractivity contribution in [2.24, 2.45) is 0 Å². The molecule has 142 valence electrons. The minimum Gasteiger partial charge on any atom is -0.353 e. The van der Waals surface area contributed by atoms with Gasteiger partial charge >= 0.3 is 0 Å². The molecular formula is C20H24N4O2S. The van der Waals surface area contributed by atoms with Crippen molar-refractivity contribution in [3.8, 4) is 5.69 Å². The minimum atomic E-state index is -0.302. The van der Waals surface area contributed by atoms with E-state index in [9.17, 15) is 9.59 Å². The lowest BCUT2D eigenvalue weighted by atomic mass is 10.1. The highest BCUT2D eigenvalue weighted by Gasteiger charge is 2.18. The van der Waals surface area contributed by atoms with E-state index in [1.165, 1.54) is 11.8 Å². The van der Waals surface area contributed by atoms with Crippen molar-refractivity contribution >= 4 is 28.7 Å². The van der Waals surface area contributed by atoms with Crippen molar-refractivity contribution in [2.75, 3.05) is 5.75 Å². The first-order valence-corrected chi connectivity index (χ1v) is 9.76. The van der Waals surface area contributed by atoms with Gasteiger partial charge in [0.2, 0.25) is 5.91 Å². The Morgan fingerprint density at radius 3 is 2.52 bits per heavy atom. The summed E-state index contributed by atoms with van der Waals surface area (Å²) in [6, 6.07) is 9.52. The number of nitrogens with one attached hydrogen (secondary N) is 2. The van der Waals surface area contributed by atoms with E-state index in [1.54, 1.807) is 4.57 Å². The average Bonchev–Trinajstić information content (AvgIpc) is 2.93. The lowest BCUT2D eigenvalue weighted by molar-refractivity contribution is -0.119. The number of aromatic amines is 1. The summed E-state index contributed by atoms with van der Waals surface area (Å²) in [5.41, 5.74) is 3.31. The molecule has 0 unspecified atom stereocenters. The predicted octanol–water partition coefficient (Wildman–Crippen LogP) is 3.34. The van der Waals surface area contributed by atoms with Gasteiger partial charge in [0.1, 0.15) is 5.52 Å². The Labute approximate surface area is 162 Å². The lowest BCUT2D eigenvalue weighted by Crippen LogP contribution is -2.41. The lowest BCUT2D eigenvalue weighted by Gasteiger charge is -2.20. The molecule has 0 fully saturated rings. The van der Waals surface area contributed by atoms with Gasteiger partial charge in [0, 0.05) is 11.2 Å². The predicted molar refractivity (Wildman–Crippen MR) is 110 cm³/mol. The largest absolute Gasteiger partial charge is 0.353 e. The van der Waals surface area contributed by atoms with Crippen molar-refractivity contribution in [2.45, 2.75) is 45.3 Å². The van der Waals surface area contributed by atoms with Gasteiger partial charge in [-0.2, -0.15) is 0 Å². The van der Waals surface area contributed by atoms with Crippen LogP contribution in [-0.2, 0) is 4.79 Å². The molecule has 27 heavy (non-hydrogen) atoms. The van der Waals surface area contributed by atoms with E-state index in [1.807, 2.05) is 65.0 Å². The monoisotopic (exact) mass is 384 g/mol. The molecule has 2 aromatic heterocycles. The molecule has 0 bridgehead atoms. The topological polar surface area (TPSA) is 79.8 Å². The first-order valence-electron chi connectivity index (χ1n) is 8.77. The summed E-state index contributed by atoms with van der Waals surface area (Å²) in [6.07, 6.45) is 0.